The number of carbonyl (C=O) groups is 1. The minimum Gasteiger partial charge on any atom is -0.378 e. The average Bonchev–Trinajstić information content (AvgIpc) is 3.30. The molecule has 6 rings (SSSR count). The van der Waals surface area contributed by atoms with Crippen LogP contribution in [-0.2, 0) is 22.5 Å². The Kier molecular flexibility index (Phi) is 5.34. The van der Waals surface area contributed by atoms with Crippen LogP contribution in [0.1, 0.15) is 46.2 Å². The predicted octanol–water partition coefficient (Wildman–Crippen LogP) is 4.58. The molecule has 3 aromatic rings. The second-order valence-electron chi connectivity index (χ2n) is 9.21. The molecule has 1 atom stereocenters. The van der Waals surface area contributed by atoms with Crippen molar-refractivity contribution in [3.05, 3.63) is 99.7 Å². The van der Waals surface area contributed by atoms with Gasteiger partial charge in [0.05, 0.1) is 25.5 Å². The molecule has 0 bridgehead atoms. The average molecular weight is 450 g/mol. The molecule has 0 radical (unpaired) electrons. The van der Waals surface area contributed by atoms with Gasteiger partial charge in [0.2, 0.25) is 0 Å². The molecule has 34 heavy (non-hydrogen) atoms. The molecule has 1 aromatic heterocycles. The Labute approximate surface area is 199 Å². The van der Waals surface area contributed by atoms with Crippen LogP contribution in [0, 0.1) is 0 Å². The van der Waals surface area contributed by atoms with Crippen molar-refractivity contribution in [1.82, 2.24) is 4.98 Å². The Morgan fingerprint density at radius 2 is 1.82 bits per heavy atom. The molecular formula is C29H27N3O2. The molecule has 1 fully saturated rings. The van der Waals surface area contributed by atoms with Gasteiger partial charge >= 0.3 is 0 Å². The Hall–Kier alpha value is -3.57. The van der Waals surface area contributed by atoms with Crippen molar-refractivity contribution in [2.45, 2.75) is 25.8 Å². The third-order valence-electron chi connectivity index (χ3n) is 7.13. The molecule has 0 amide bonds. The van der Waals surface area contributed by atoms with Gasteiger partial charge in [0, 0.05) is 48.3 Å². The van der Waals surface area contributed by atoms with E-state index in [4.69, 9.17) is 9.73 Å². The number of aromatic nitrogens is 1. The van der Waals surface area contributed by atoms with Crippen LogP contribution in [-0.4, -0.2) is 42.8 Å². The van der Waals surface area contributed by atoms with E-state index >= 15 is 0 Å². The molecule has 5 nitrogen and oxygen atoms in total. The third kappa shape index (κ3) is 3.76. The Morgan fingerprint density at radius 3 is 2.65 bits per heavy atom. The standard InChI is InChI=1S/C29H27N3O2/c1-19(20-5-3-2-4-6-20)25-14-23-15-26-24(13-22(23)16-27(25)33)18-31-29(26)21-7-8-30-28(17-21)32-9-11-34-12-10-32/h2-8,13-15,17,19H,9-12,16,18H2,1H3. The van der Waals surface area contributed by atoms with Gasteiger partial charge in [0.1, 0.15) is 5.82 Å². The highest BCUT2D eigenvalue weighted by Crippen LogP contribution is 2.35. The fourth-order valence-electron chi connectivity index (χ4n) is 5.19. The summed E-state index contributed by atoms with van der Waals surface area (Å²) in [5.74, 6) is 1.26. The van der Waals surface area contributed by atoms with Crippen molar-refractivity contribution in [2.24, 2.45) is 4.99 Å². The first-order valence-electron chi connectivity index (χ1n) is 12.0. The van der Waals surface area contributed by atoms with E-state index in [9.17, 15) is 4.79 Å². The minimum absolute atomic E-state index is 0.0690. The van der Waals surface area contributed by atoms with E-state index < -0.39 is 0 Å². The molecule has 1 saturated heterocycles. The largest absolute Gasteiger partial charge is 0.378 e. The van der Waals surface area contributed by atoms with Gasteiger partial charge in [-0.2, -0.15) is 0 Å². The number of nitrogens with zero attached hydrogens (tertiary/aromatic N) is 3. The van der Waals surface area contributed by atoms with E-state index in [1.165, 1.54) is 11.1 Å². The first kappa shape index (κ1) is 21.0. The number of carbonyl (C=O) groups excluding carboxylic acids is 1. The van der Waals surface area contributed by atoms with Gasteiger partial charge < -0.3 is 9.64 Å². The van der Waals surface area contributed by atoms with Gasteiger partial charge in [-0.15, -0.1) is 0 Å². The maximum Gasteiger partial charge on any atom is 0.163 e. The van der Waals surface area contributed by atoms with Crippen molar-refractivity contribution < 1.29 is 9.53 Å². The molecule has 170 valence electrons. The van der Waals surface area contributed by atoms with Gasteiger partial charge in [-0.05, 0) is 46.5 Å². The van der Waals surface area contributed by atoms with E-state index in [2.05, 4.69) is 53.2 Å². The molecule has 2 aliphatic heterocycles. The number of benzene rings is 2. The first-order valence-corrected chi connectivity index (χ1v) is 12.0. The maximum atomic E-state index is 13.0. The predicted molar refractivity (Wildman–Crippen MR) is 135 cm³/mol. The summed E-state index contributed by atoms with van der Waals surface area (Å²) < 4.78 is 5.49. The zero-order valence-corrected chi connectivity index (χ0v) is 19.3. The summed E-state index contributed by atoms with van der Waals surface area (Å²) in [5.41, 5.74) is 8.74. The normalized spacial score (nSPS) is 18.1. The monoisotopic (exact) mass is 449 g/mol. The van der Waals surface area contributed by atoms with E-state index in [1.807, 2.05) is 30.5 Å². The second kappa shape index (κ2) is 8.65. The summed E-state index contributed by atoms with van der Waals surface area (Å²) in [6, 6.07) is 18.9. The number of hydrogen-bond acceptors (Lipinski definition) is 5. The van der Waals surface area contributed by atoms with E-state index in [-0.39, 0.29) is 11.7 Å². The quantitative estimate of drug-likeness (QED) is 0.585. The van der Waals surface area contributed by atoms with Gasteiger partial charge in [0.25, 0.3) is 0 Å². The van der Waals surface area contributed by atoms with Crippen LogP contribution in [0.5, 0.6) is 0 Å². The molecular weight excluding hydrogens is 422 g/mol. The molecule has 3 aliphatic rings. The van der Waals surface area contributed by atoms with E-state index in [1.54, 1.807) is 0 Å². The topological polar surface area (TPSA) is 54.8 Å². The van der Waals surface area contributed by atoms with Gasteiger partial charge in [-0.1, -0.05) is 43.3 Å². The zero-order valence-electron chi connectivity index (χ0n) is 19.3. The van der Waals surface area contributed by atoms with Gasteiger partial charge in [-0.25, -0.2) is 4.98 Å². The molecule has 0 spiro atoms. The maximum absolute atomic E-state index is 13.0. The van der Waals surface area contributed by atoms with Crippen LogP contribution in [0.15, 0.2) is 71.4 Å². The van der Waals surface area contributed by atoms with Gasteiger partial charge in [0.15, 0.2) is 5.78 Å². The number of Topliss-reactive ketones (excluding diaryl/α,β-unsaturated/α-hetero) is 1. The summed E-state index contributed by atoms with van der Waals surface area (Å²) in [4.78, 5) is 24.8. The number of fused-ring (bicyclic) bond motifs is 2. The van der Waals surface area contributed by atoms with Crippen LogP contribution >= 0.6 is 0 Å². The molecule has 0 saturated carbocycles. The Morgan fingerprint density at radius 1 is 1.00 bits per heavy atom. The molecule has 2 aromatic carbocycles. The number of rotatable bonds is 4. The van der Waals surface area contributed by atoms with Crippen molar-refractivity contribution in [2.75, 3.05) is 31.2 Å². The second-order valence-corrected chi connectivity index (χ2v) is 9.21. The summed E-state index contributed by atoms with van der Waals surface area (Å²) >= 11 is 0. The van der Waals surface area contributed by atoms with Crippen molar-refractivity contribution in [1.29, 1.82) is 0 Å². The van der Waals surface area contributed by atoms with Crippen LogP contribution in [0.2, 0.25) is 0 Å². The number of anilines is 1. The van der Waals surface area contributed by atoms with Crippen LogP contribution in [0.4, 0.5) is 5.82 Å². The fourth-order valence-corrected chi connectivity index (χ4v) is 5.19. The summed E-state index contributed by atoms with van der Waals surface area (Å²) in [7, 11) is 0. The lowest BCUT2D eigenvalue weighted by Gasteiger charge is -2.28. The smallest absolute Gasteiger partial charge is 0.163 e. The SMILES string of the molecule is CC(C1=Cc2cc3c(cc2CC1=O)CN=C3c1ccnc(N2CCOCC2)c1)c1ccccc1. The van der Waals surface area contributed by atoms with Crippen LogP contribution in [0.3, 0.4) is 0 Å². The molecule has 5 heteroatoms. The highest BCUT2D eigenvalue weighted by Gasteiger charge is 2.27. The summed E-state index contributed by atoms with van der Waals surface area (Å²) in [6.45, 7) is 5.95. The highest BCUT2D eigenvalue weighted by molar-refractivity contribution is 6.16. The van der Waals surface area contributed by atoms with Crippen LogP contribution in [0.25, 0.3) is 6.08 Å². The summed E-state index contributed by atoms with van der Waals surface area (Å²) in [6.07, 6.45) is 4.43. The third-order valence-corrected chi connectivity index (χ3v) is 7.13. The Balaban J connectivity index is 1.34. The molecule has 1 unspecified atom stereocenters. The first-order chi connectivity index (χ1) is 16.7. The lowest BCUT2D eigenvalue weighted by atomic mass is 9.81. The number of hydrogen-bond donors (Lipinski definition) is 0. The number of ether oxygens (including phenoxy) is 1. The number of pyridine rings is 1. The zero-order chi connectivity index (χ0) is 23.1. The van der Waals surface area contributed by atoms with Crippen molar-refractivity contribution in [3.8, 4) is 0 Å². The van der Waals surface area contributed by atoms with E-state index in [0.29, 0.717) is 13.0 Å². The van der Waals surface area contributed by atoms with Gasteiger partial charge in [-0.3, -0.25) is 9.79 Å². The highest BCUT2D eigenvalue weighted by atomic mass is 16.5. The van der Waals surface area contributed by atoms with Crippen LogP contribution < -0.4 is 4.90 Å². The number of allylic oxidation sites excluding steroid dienone is 1. The molecule has 3 heterocycles. The number of ketones is 1. The lowest BCUT2D eigenvalue weighted by Crippen LogP contribution is -2.36. The number of morpholine rings is 1. The Bertz CT molecular complexity index is 1320. The summed E-state index contributed by atoms with van der Waals surface area (Å²) in [5, 5.41) is 0. The lowest BCUT2D eigenvalue weighted by molar-refractivity contribution is -0.115. The van der Waals surface area contributed by atoms with E-state index in [0.717, 1.165) is 65.7 Å². The molecule has 1 aliphatic carbocycles. The number of aliphatic imine (C=N–C) groups is 1. The van der Waals surface area contributed by atoms with Crippen molar-refractivity contribution in [3.63, 3.8) is 0 Å². The van der Waals surface area contributed by atoms with Crippen molar-refractivity contribution >= 4 is 23.4 Å². The fraction of sp³-hybridized carbons (Fsp3) is 0.276. The molecule has 0 N–H and O–H groups in total. The minimum atomic E-state index is 0.0690.